The van der Waals surface area contributed by atoms with Gasteiger partial charge in [-0.1, -0.05) is 6.08 Å². The molecule has 0 bridgehead atoms. The van der Waals surface area contributed by atoms with E-state index < -0.39 is 0 Å². The minimum absolute atomic E-state index is 0.496. The van der Waals surface area contributed by atoms with E-state index in [1.807, 2.05) is 35.3 Å². The highest BCUT2D eigenvalue weighted by Crippen LogP contribution is 1.98. The molecule has 0 aliphatic rings. The minimum Gasteiger partial charge on any atom is -0.324 e. The first-order valence-corrected chi connectivity index (χ1v) is 4.33. The van der Waals surface area contributed by atoms with Gasteiger partial charge in [-0.25, -0.2) is 0 Å². The molecule has 0 saturated carbocycles. The molecule has 1 aromatic heterocycles. The van der Waals surface area contributed by atoms with Gasteiger partial charge in [-0.15, -0.1) is 6.58 Å². The zero-order chi connectivity index (χ0) is 8.81. The average molecular weight is 164 g/mol. The summed E-state index contributed by atoms with van der Waals surface area (Å²) in [5.41, 5.74) is 3.33. The number of rotatable bonds is 5. The van der Waals surface area contributed by atoms with E-state index in [0.29, 0.717) is 6.04 Å². The molecule has 0 aliphatic carbocycles. The van der Waals surface area contributed by atoms with Crippen molar-refractivity contribution in [3.05, 3.63) is 37.2 Å². The highest BCUT2D eigenvalue weighted by molar-refractivity contribution is 4.94. The molecule has 0 aliphatic heterocycles. The summed E-state index contributed by atoms with van der Waals surface area (Å²) in [6.45, 7) is 5.87. The molecule has 1 aromatic rings. The van der Waals surface area contributed by atoms with Crippen molar-refractivity contribution in [1.29, 1.82) is 0 Å². The van der Waals surface area contributed by atoms with Gasteiger partial charge in [0, 0.05) is 18.4 Å². The largest absolute Gasteiger partial charge is 0.324 e. The summed E-state index contributed by atoms with van der Waals surface area (Å²) < 4.78 is 1.98. The van der Waals surface area contributed by atoms with Crippen molar-refractivity contribution in [3.63, 3.8) is 0 Å². The van der Waals surface area contributed by atoms with E-state index >= 15 is 0 Å². The predicted molar refractivity (Wildman–Crippen MR) is 52.7 cm³/mol. The molecule has 1 unspecified atom stereocenters. The van der Waals surface area contributed by atoms with E-state index in [0.717, 1.165) is 12.8 Å². The van der Waals surface area contributed by atoms with Gasteiger partial charge in [0.2, 0.25) is 0 Å². The van der Waals surface area contributed by atoms with Crippen LogP contribution in [0.4, 0.5) is 0 Å². The van der Waals surface area contributed by atoms with Crippen LogP contribution < -0.4 is 5.43 Å². The number of nitrogens with zero attached hydrogens (tertiary/aromatic N) is 1. The van der Waals surface area contributed by atoms with Crippen molar-refractivity contribution in [1.82, 2.24) is 4.68 Å². The second-order valence-electron chi connectivity index (χ2n) is 2.99. The molecule has 2 heteroatoms. The highest BCUT2D eigenvalue weighted by Gasteiger charge is 1.97. The molecule has 0 amide bonds. The second-order valence-corrected chi connectivity index (χ2v) is 2.99. The lowest BCUT2D eigenvalue weighted by Gasteiger charge is -2.14. The molecule has 1 heterocycles. The van der Waals surface area contributed by atoms with Crippen LogP contribution >= 0.6 is 0 Å². The van der Waals surface area contributed by atoms with Gasteiger partial charge in [-0.3, -0.25) is 4.68 Å². The van der Waals surface area contributed by atoms with E-state index in [2.05, 4.69) is 18.9 Å². The Bertz CT molecular complexity index is 214. The van der Waals surface area contributed by atoms with Crippen LogP contribution in [0.5, 0.6) is 0 Å². The molecular weight excluding hydrogens is 148 g/mol. The number of allylic oxidation sites excluding steroid dienone is 1. The Balaban J connectivity index is 2.26. The molecule has 0 fully saturated rings. The van der Waals surface area contributed by atoms with Crippen molar-refractivity contribution in [2.45, 2.75) is 25.8 Å². The monoisotopic (exact) mass is 164 g/mol. The van der Waals surface area contributed by atoms with Gasteiger partial charge in [0.25, 0.3) is 0 Å². The van der Waals surface area contributed by atoms with Crippen molar-refractivity contribution in [3.8, 4) is 0 Å². The Kier molecular flexibility index (Phi) is 3.45. The maximum atomic E-state index is 3.70. The molecule has 1 atom stereocenters. The zero-order valence-electron chi connectivity index (χ0n) is 7.53. The summed E-state index contributed by atoms with van der Waals surface area (Å²) in [5.74, 6) is 0. The van der Waals surface area contributed by atoms with E-state index in [1.165, 1.54) is 0 Å². The third-order valence-electron chi connectivity index (χ3n) is 1.78. The van der Waals surface area contributed by atoms with Crippen LogP contribution in [0.3, 0.4) is 0 Å². The maximum Gasteiger partial charge on any atom is 0.0399 e. The second kappa shape index (κ2) is 4.65. The molecule has 2 nitrogen and oxygen atoms in total. The predicted octanol–water partition coefficient (Wildman–Crippen LogP) is 2.39. The molecule has 12 heavy (non-hydrogen) atoms. The lowest BCUT2D eigenvalue weighted by Crippen LogP contribution is -2.23. The zero-order valence-corrected chi connectivity index (χ0v) is 7.53. The lowest BCUT2D eigenvalue weighted by atomic mass is 10.2. The Morgan fingerprint density at radius 3 is 2.75 bits per heavy atom. The van der Waals surface area contributed by atoms with Crippen LogP contribution in [0.1, 0.15) is 19.8 Å². The van der Waals surface area contributed by atoms with E-state index in [1.54, 1.807) is 0 Å². The third-order valence-corrected chi connectivity index (χ3v) is 1.78. The minimum atomic E-state index is 0.496. The van der Waals surface area contributed by atoms with E-state index in [9.17, 15) is 0 Å². The molecule has 66 valence electrons. The van der Waals surface area contributed by atoms with Crippen LogP contribution in [0, 0.1) is 0 Å². The van der Waals surface area contributed by atoms with Crippen molar-refractivity contribution in [2.75, 3.05) is 5.43 Å². The Morgan fingerprint density at radius 1 is 1.50 bits per heavy atom. The van der Waals surface area contributed by atoms with Crippen LogP contribution in [-0.4, -0.2) is 10.7 Å². The van der Waals surface area contributed by atoms with Gasteiger partial charge < -0.3 is 5.43 Å². The van der Waals surface area contributed by atoms with Gasteiger partial charge in [-0.2, -0.15) is 0 Å². The summed E-state index contributed by atoms with van der Waals surface area (Å²) >= 11 is 0. The topological polar surface area (TPSA) is 17.0 Å². The Morgan fingerprint density at radius 2 is 2.17 bits per heavy atom. The molecule has 1 N–H and O–H groups in total. The third kappa shape index (κ3) is 2.82. The van der Waals surface area contributed by atoms with Crippen molar-refractivity contribution in [2.24, 2.45) is 0 Å². The first kappa shape index (κ1) is 8.91. The summed E-state index contributed by atoms with van der Waals surface area (Å²) in [5, 5.41) is 0. The van der Waals surface area contributed by atoms with Crippen molar-refractivity contribution >= 4 is 0 Å². The van der Waals surface area contributed by atoms with Crippen LogP contribution in [0.15, 0.2) is 37.2 Å². The number of nitrogens with one attached hydrogen (secondary N) is 1. The van der Waals surface area contributed by atoms with Gasteiger partial charge in [0.15, 0.2) is 0 Å². The van der Waals surface area contributed by atoms with Gasteiger partial charge in [0.05, 0.1) is 0 Å². The van der Waals surface area contributed by atoms with Gasteiger partial charge in [0.1, 0.15) is 0 Å². The van der Waals surface area contributed by atoms with Gasteiger partial charge in [-0.05, 0) is 31.9 Å². The normalized spacial score (nSPS) is 12.4. The van der Waals surface area contributed by atoms with Gasteiger partial charge >= 0.3 is 0 Å². The maximum absolute atomic E-state index is 3.70. The molecule has 1 rings (SSSR count). The molecule has 0 spiro atoms. The number of aromatic nitrogens is 1. The fourth-order valence-electron chi connectivity index (χ4n) is 1.11. The van der Waals surface area contributed by atoms with Crippen LogP contribution in [0.25, 0.3) is 0 Å². The van der Waals surface area contributed by atoms with E-state index in [-0.39, 0.29) is 0 Å². The molecule has 0 saturated heterocycles. The first-order valence-electron chi connectivity index (χ1n) is 4.33. The Labute approximate surface area is 73.9 Å². The molecule has 0 radical (unpaired) electrons. The lowest BCUT2D eigenvalue weighted by molar-refractivity contribution is 0.640. The van der Waals surface area contributed by atoms with Crippen LogP contribution in [0.2, 0.25) is 0 Å². The summed E-state index contributed by atoms with van der Waals surface area (Å²) in [7, 11) is 0. The average Bonchev–Trinajstić information content (AvgIpc) is 2.53. The molecule has 0 aromatic carbocycles. The quantitative estimate of drug-likeness (QED) is 0.661. The summed E-state index contributed by atoms with van der Waals surface area (Å²) in [6.07, 6.45) is 8.15. The van der Waals surface area contributed by atoms with E-state index in [4.69, 9.17) is 0 Å². The summed E-state index contributed by atoms with van der Waals surface area (Å²) in [6, 6.07) is 4.51. The Hall–Kier alpha value is -1.18. The first-order chi connectivity index (χ1) is 5.83. The fraction of sp³-hybridized carbons (Fsp3) is 0.400. The standard InChI is InChI=1S/C10H16N2/c1-3-4-7-10(2)11-12-8-5-6-9-12/h3,5-6,8-11H,1,4,7H2,2H3. The number of hydrogen-bond donors (Lipinski definition) is 1. The number of hydrogen-bond acceptors (Lipinski definition) is 1. The van der Waals surface area contributed by atoms with Crippen molar-refractivity contribution < 1.29 is 0 Å². The van der Waals surface area contributed by atoms with Crippen LogP contribution in [-0.2, 0) is 0 Å². The highest BCUT2D eigenvalue weighted by atomic mass is 15.4. The smallest absolute Gasteiger partial charge is 0.0399 e. The molecular formula is C10H16N2. The SMILES string of the molecule is C=CCCC(C)Nn1cccc1. The summed E-state index contributed by atoms with van der Waals surface area (Å²) in [4.78, 5) is 0. The fourth-order valence-corrected chi connectivity index (χ4v) is 1.11.